The molecule has 0 spiro atoms. The highest BCUT2D eigenvalue weighted by atomic mass is 32.2. The van der Waals surface area contributed by atoms with E-state index in [-0.39, 0.29) is 16.8 Å². The summed E-state index contributed by atoms with van der Waals surface area (Å²) in [6, 6.07) is 14.1. The first-order chi connectivity index (χ1) is 15.6. The van der Waals surface area contributed by atoms with Crippen molar-refractivity contribution in [1.82, 2.24) is 15.4 Å². The predicted molar refractivity (Wildman–Crippen MR) is 134 cm³/mol. The van der Waals surface area contributed by atoms with E-state index in [1.807, 2.05) is 29.0 Å². The van der Waals surface area contributed by atoms with Gasteiger partial charge in [0.1, 0.15) is 0 Å². The molecule has 180 valence electrons. The van der Waals surface area contributed by atoms with Crippen LogP contribution in [-0.4, -0.2) is 38.6 Å². The van der Waals surface area contributed by atoms with Crippen molar-refractivity contribution in [1.29, 1.82) is 0 Å². The van der Waals surface area contributed by atoms with Crippen LogP contribution in [0, 0.1) is 5.92 Å². The molecule has 0 saturated carbocycles. The van der Waals surface area contributed by atoms with Crippen LogP contribution in [0.1, 0.15) is 39.2 Å². The molecule has 0 aliphatic carbocycles. The van der Waals surface area contributed by atoms with E-state index in [4.69, 9.17) is 0 Å². The molecule has 2 aromatic carbocycles. The van der Waals surface area contributed by atoms with Crippen molar-refractivity contribution in [3.63, 3.8) is 0 Å². The van der Waals surface area contributed by atoms with Crippen LogP contribution in [0.4, 0.5) is 0 Å². The first-order valence-electron chi connectivity index (χ1n) is 10.9. The average molecular weight is 492 g/mol. The monoisotopic (exact) mass is 491 g/mol. The number of hydrogen-bond donors (Lipinski definition) is 4. The Balaban J connectivity index is 1.93. The molecule has 7 nitrogen and oxygen atoms in total. The molecule has 1 atom stereocenters. The minimum atomic E-state index is -3.95. The van der Waals surface area contributed by atoms with E-state index in [0.717, 1.165) is 24.5 Å². The van der Waals surface area contributed by atoms with Crippen LogP contribution < -0.4 is 15.4 Å². The van der Waals surface area contributed by atoms with Gasteiger partial charge in [0.25, 0.3) is 10.0 Å². The summed E-state index contributed by atoms with van der Waals surface area (Å²) in [6.45, 7) is 6.54. The summed E-state index contributed by atoms with van der Waals surface area (Å²) in [5.74, 6) is 0.496. The van der Waals surface area contributed by atoms with Gasteiger partial charge in [-0.3, -0.25) is 9.59 Å². The number of nitrogens with one attached hydrogen (secondary N) is 3. The molecule has 2 aromatic rings. The van der Waals surface area contributed by atoms with E-state index in [1.54, 1.807) is 18.2 Å². The normalized spacial score (nSPS) is 12.4. The van der Waals surface area contributed by atoms with E-state index < -0.39 is 15.9 Å². The van der Waals surface area contributed by atoms with Gasteiger partial charge in [-0.1, -0.05) is 56.3 Å². The molecule has 3 N–H and O–H groups in total. The number of benzene rings is 2. The summed E-state index contributed by atoms with van der Waals surface area (Å²) in [5.41, 5.74) is 2.25. The highest BCUT2D eigenvalue weighted by molar-refractivity contribution is 7.90. The second-order valence-electron chi connectivity index (χ2n) is 8.36. The second-order valence-corrected chi connectivity index (χ2v) is 10.4. The Morgan fingerprint density at radius 2 is 1.70 bits per heavy atom. The van der Waals surface area contributed by atoms with Crippen LogP contribution in [0.25, 0.3) is 11.1 Å². The fraction of sp³-hybridized carbons (Fsp3) is 0.417. The number of carbonyl (C=O) groups excluding carboxylic acids is 2. The van der Waals surface area contributed by atoms with Gasteiger partial charge in [-0.05, 0) is 29.5 Å². The molecule has 0 bridgehead atoms. The quantitative estimate of drug-likeness (QED) is 0.270. The molecule has 0 fully saturated rings. The van der Waals surface area contributed by atoms with Gasteiger partial charge in [0, 0.05) is 43.8 Å². The molecule has 0 unspecified atom stereocenters. The third kappa shape index (κ3) is 8.83. The zero-order valence-electron chi connectivity index (χ0n) is 19.3. The molecule has 0 heterocycles. The maximum atomic E-state index is 12.5. The lowest BCUT2D eigenvalue weighted by molar-refractivity contribution is -0.121. The van der Waals surface area contributed by atoms with Gasteiger partial charge in [-0.15, -0.1) is 0 Å². The molecule has 9 heteroatoms. The second kappa shape index (κ2) is 12.8. The number of thiol groups is 1. The lowest BCUT2D eigenvalue weighted by Gasteiger charge is -2.18. The summed E-state index contributed by atoms with van der Waals surface area (Å²) in [4.78, 5) is 23.5. The Bertz CT molecular complexity index is 1040. The minimum Gasteiger partial charge on any atom is -0.353 e. The number of carbonyl (C=O) groups is 2. The molecule has 0 aromatic heterocycles. The van der Waals surface area contributed by atoms with Gasteiger partial charge < -0.3 is 10.6 Å². The summed E-state index contributed by atoms with van der Waals surface area (Å²) in [7, 11) is -3.95. The Labute approximate surface area is 202 Å². The maximum absolute atomic E-state index is 12.5. The van der Waals surface area contributed by atoms with E-state index in [2.05, 4.69) is 37.1 Å². The fourth-order valence-corrected chi connectivity index (χ4v) is 4.93. The van der Waals surface area contributed by atoms with Gasteiger partial charge >= 0.3 is 0 Å². The van der Waals surface area contributed by atoms with Crippen LogP contribution in [0.3, 0.4) is 0 Å². The zero-order valence-corrected chi connectivity index (χ0v) is 21.0. The van der Waals surface area contributed by atoms with Crippen molar-refractivity contribution in [3.8, 4) is 11.1 Å². The third-order valence-electron chi connectivity index (χ3n) is 4.92. The molecular formula is C24H33N3O4S2. The van der Waals surface area contributed by atoms with Gasteiger partial charge in [-0.2, -0.15) is 12.6 Å². The zero-order chi connectivity index (χ0) is 24.4. The number of sulfonamides is 1. The largest absolute Gasteiger partial charge is 0.353 e. The Hall–Kier alpha value is -2.36. The number of amides is 2. The van der Waals surface area contributed by atoms with Crippen molar-refractivity contribution < 1.29 is 18.0 Å². The van der Waals surface area contributed by atoms with E-state index >= 15 is 0 Å². The highest BCUT2D eigenvalue weighted by Gasteiger charge is 2.20. The third-order valence-corrected chi connectivity index (χ3v) is 6.85. The molecule has 2 rings (SSSR count). The van der Waals surface area contributed by atoms with Gasteiger partial charge in [-0.25, -0.2) is 13.1 Å². The Morgan fingerprint density at radius 1 is 1.03 bits per heavy atom. The minimum absolute atomic E-state index is 0.00883. The van der Waals surface area contributed by atoms with E-state index in [9.17, 15) is 18.0 Å². The van der Waals surface area contributed by atoms with E-state index in [1.165, 1.54) is 6.07 Å². The first-order valence-corrected chi connectivity index (χ1v) is 13.1. The van der Waals surface area contributed by atoms with Gasteiger partial charge in [0.15, 0.2) is 0 Å². The van der Waals surface area contributed by atoms with Crippen LogP contribution in [0.2, 0.25) is 0 Å². The summed E-state index contributed by atoms with van der Waals surface area (Å²) < 4.78 is 27.0. The lowest BCUT2D eigenvalue weighted by Crippen LogP contribution is -2.38. The predicted octanol–water partition coefficient (Wildman–Crippen LogP) is 3.12. The van der Waals surface area contributed by atoms with Gasteiger partial charge in [0.05, 0.1) is 4.90 Å². The smallest absolute Gasteiger partial charge is 0.264 e. The SMILES string of the molecule is CC(=O)NS(=O)(=O)c1ccccc1-c1ccc(CNCCC(=O)N[C@@H](CS)CC(C)C)cc1. The summed E-state index contributed by atoms with van der Waals surface area (Å²) in [5, 5.41) is 6.28. The summed E-state index contributed by atoms with van der Waals surface area (Å²) >= 11 is 4.31. The van der Waals surface area contributed by atoms with Crippen molar-refractivity contribution >= 4 is 34.5 Å². The summed E-state index contributed by atoms with van der Waals surface area (Å²) in [6.07, 6.45) is 1.29. The van der Waals surface area contributed by atoms with Crippen LogP contribution in [-0.2, 0) is 26.2 Å². The Morgan fingerprint density at radius 3 is 2.30 bits per heavy atom. The number of hydrogen-bond acceptors (Lipinski definition) is 6. The molecule has 0 aliphatic rings. The maximum Gasteiger partial charge on any atom is 0.264 e. The lowest BCUT2D eigenvalue weighted by atomic mass is 10.0. The van der Waals surface area contributed by atoms with E-state index in [0.29, 0.717) is 36.7 Å². The number of rotatable bonds is 12. The standard InChI is InChI=1S/C24H33N3O4S2/c1-17(2)14-21(16-32)26-24(29)12-13-25-15-19-8-10-20(11-9-19)22-6-4-5-7-23(22)33(30,31)27-18(3)28/h4-11,17,21,25,32H,12-16H2,1-3H3,(H,26,29)(H,27,28)/t21-/m1/s1. The molecular weight excluding hydrogens is 458 g/mol. The molecule has 2 amide bonds. The van der Waals surface area contributed by atoms with Crippen molar-refractivity contribution in [3.05, 3.63) is 54.1 Å². The topological polar surface area (TPSA) is 104 Å². The van der Waals surface area contributed by atoms with Crippen molar-refractivity contribution in [2.45, 2.75) is 51.1 Å². The van der Waals surface area contributed by atoms with Crippen LogP contribution in [0.5, 0.6) is 0 Å². The van der Waals surface area contributed by atoms with Crippen molar-refractivity contribution in [2.75, 3.05) is 12.3 Å². The van der Waals surface area contributed by atoms with Crippen molar-refractivity contribution in [2.24, 2.45) is 5.92 Å². The first kappa shape index (κ1) is 26.9. The Kier molecular flexibility index (Phi) is 10.4. The molecule has 0 saturated heterocycles. The van der Waals surface area contributed by atoms with Crippen LogP contribution >= 0.6 is 12.6 Å². The van der Waals surface area contributed by atoms with Gasteiger partial charge in [0.2, 0.25) is 11.8 Å². The average Bonchev–Trinajstić information content (AvgIpc) is 2.75. The highest BCUT2D eigenvalue weighted by Crippen LogP contribution is 2.27. The molecule has 0 aliphatic heterocycles. The fourth-order valence-electron chi connectivity index (χ4n) is 3.47. The van der Waals surface area contributed by atoms with Crippen LogP contribution in [0.15, 0.2) is 53.4 Å². The molecule has 33 heavy (non-hydrogen) atoms. The molecule has 0 radical (unpaired) electrons.